The van der Waals surface area contributed by atoms with Crippen molar-refractivity contribution in [1.82, 2.24) is 0 Å². The number of hydrogen-bond acceptors (Lipinski definition) is 6. The van der Waals surface area contributed by atoms with E-state index in [-0.39, 0.29) is 11.5 Å². The average Bonchev–Trinajstić information content (AvgIpc) is 2.40. The first kappa shape index (κ1) is 18.3. The smallest absolute Gasteiger partial charge is 0.306 e. The normalized spacial score (nSPS) is 12.0. The molecule has 0 saturated carbocycles. The van der Waals surface area contributed by atoms with E-state index in [0.717, 1.165) is 23.6 Å². The summed E-state index contributed by atoms with van der Waals surface area (Å²) in [6, 6.07) is 10.2. The summed E-state index contributed by atoms with van der Waals surface area (Å²) in [5.74, 6) is 0.546. The molecule has 0 aliphatic rings. The predicted octanol–water partition coefficient (Wildman–Crippen LogP) is 2.65. The topological polar surface area (TPSA) is 86.7 Å². The molecule has 0 bridgehead atoms. The molecule has 0 aromatic heterocycles. The van der Waals surface area contributed by atoms with Crippen molar-refractivity contribution in [3.05, 3.63) is 47.5 Å². The van der Waals surface area contributed by atoms with Crippen molar-refractivity contribution in [3.8, 4) is 22.6 Å². The summed E-state index contributed by atoms with van der Waals surface area (Å²) in [6.45, 7) is 3.50. The molecule has 0 amide bonds. The Morgan fingerprint density at radius 2 is 1.00 bits per heavy atom. The van der Waals surface area contributed by atoms with Gasteiger partial charge in [0.1, 0.15) is 11.5 Å². The molecule has 2 aromatic rings. The highest BCUT2D eigenvalue weighted by molar-refractivity contribution is 7.86. The SMILES string of the molecule is Cc1cc(-c2ccc(OS(C)(=O)=O)c(C)c2)ccc1OS(C)(=O)=O. The van der Waals surface area contributed by atoms with E-state index in [1.807, 2.05) is 0 Å². The molecule has 0 fully saturated rings. The fraction of sp³-hybridized carbons (Fsp3) is 0.250. The zero-order chi connectivity index (χ0) is 18.1. The van der Waals surface area contributed by atoms with Gasteiger partial charge in [0.05, 0.1) is 12.5 Å². The van der Waals surface area contributed by atoms with Gasteiger partial charge >= 0.3 is 20.2 Å². The van der Waals surface area contributed by atoms with Crippen LogP contribution < -0.4 is 8.37 Å². The lowest BCUT2D eigenvalue weighted by molar-refractivity contribution is 0.489. The van der Waals surface area contributed by atoms with Crippen molar-refractivity contribution in [2.45, 2.75) is 13.8 Å². The van der Waals surface area contributed by atoms with Crippen molar-refractivity contribution in [2.75, 3.05) is 12.5 Å². The summed E-state index contributed by atoms with van der Waals surface area (Å²) < 4.78 is 54.7. The summed E-state index contributed by atoms with van der Waals surface area (Å²) in [6.07, 6.45) is 1.98. The molecule has 0 radical (unpaired) electrons. The maximum atomic E-state index is 11.2. The molecule has 0 unspecified atom stereocenters. The van der Waals surface area contributed by atoms with E-state index >= 15 is 0 Å². The average molecular weight is 370 g/mol. The van der Waals surface area contributed by atoms with Crippen LogP contribution in [0.1, 0.15) is 11.1 Å². The van der Waals surface area contributed by atoms with Gasteiger partial charge < -0.3 is 8.37 Å². The molecule has 2 aromatic carbocycles. The first-order valence-electron chi connectivity index (χ1n) is 6.95. The minimum atomic E-state index is -3.58. The lowest BCUT2D eigenvalue weighted by Crippen LogP contribution is -2.07. The maximum absolute atomic E-state index is 11.2. The molecule has 0 N–H and O–H groups in total. The highest BCUT2D eigenvalue weighted by Crippen LogP contribution is 2.30. The van der Waals surface area contributed by atoms with Crippen LogP contribution in [0, 0.1) is 13.8 Å². The van der Waals surface area contributed by atoms with E-state index in [2.05, 4.69) is 0 Å². The quantitative estimate of drug-likeness (QED) is 0.752. The van der Waals surface area contributed by atoms with Crippen molar-refractivity contribution in [2.24, 2.45) is 0 Å². The largest absolute Gasteiger partial charge is 0.382 e. The van der Waals surface area contributed by atoms with Crippen LogP contribution in [0.25, 0.3) is 11.1 Å². The molecule has 0 heterocycles. The Hall–Kier alpha value is -2.06. The molecule has 6 nitrogen and oxygen atoms in total. The Labute approximate surface area is 142 Å². The van der Waals surface area contributed by atoms with Gasteiger partial charge in [0, 0.05) is 0 Å². The third-order valence-electron chi connectivity index (χ3n) is 3.17. The van der Waals surface area contributed by atoms with Gasteiger partial charge in [-0.1, -0.05) is 12.1 Å². The molecule has 24 heavy (non-hydrogen) atoms. The van der Waals surface area contributed by atoms with Gasteiger partial charge in [0.15, 0.2) is 0 Å². The van der Waals surface area contributed by atoms with E-state index in [1.165, 1.54) is 0 Å². The Balaban J connectivity index is 2.36. The predicted molar refractivity (Wildman–Crippen MR) is 92.3 cm³/mol. The van der Waals surface area contributed by atoms with Crippen LogP contribution in [-0.4, -0.2) is 29.3 Å². The molecule has 0 atom stereocenters. The Morgan fingerprint density at radius 3 is 1.25 bits per heavy atom. The van der Waals surface area contributed by atoms with Crippen LogP contribution in [0.5, 0.6) is 11.5 Å². The number of benzene rings is 2. The monoisotopic (exact) mass is 370 g/mol. The highest BCUT2D eigenvalue weighted by atomic mass is 32.2. The minimum absolute atomic E-state index is 0.273. The molecule has 0 saturated heterocycles. The second kappa shape index (κ2) is 6.45. The second-order valence-corrected chi connectivity index (χ2v) is 8.69. The third-order valence-corrected chi connectivity index (χ3v) is 4.13. The summed E-state index contributed by atoms with van der Waals surface area (Å²) in [5, 5.41) is 0. The molecule has 2 rings (SSSR count). The van der Waals surface area contributed by atoms with Gasteiger partial charge in [0.2, 0.25) is 0 Å². The molecule has 8 heteroatoms. The number of hydrogen-bond donors (Lipinski definition) is 0. The van der Waals surface area contributed by atoms with Gasteiger partial charge in [-0.3, -0.25) is 0 Å². The van der Waals surface area contributed by atoms with Gasteiger partial charge in [-0.25, -0.2) is 0 Å². The summed E-state index contributed by atoms with van der Waals surface area (Å²) >= 11 is 0. The van der Waals surface area contributed by atoms with Crippen LogP contribution in [0.2, 0.25) is 0 Å². The molecule has 0 aliphatic heterocycles. The fourth-order valence-electron chi connectivity index (χ4n) is 2.17. The molecular formula is C16H18O6S2. The molecular weight excluding hydrogens is 352 g/mol. The standard InChI is InChI=1S/C16H18O6S2/c1-11-9-13(5-7-15(11)21-23(3,17)18)14-6-8-16(12(2)10-14)22-24(4,19)20/h5-10H,1-4H3. The zero-order valence-corrected chi connectivity index (χ0v) is 15.4. The second-order valence-electron chi connectivity index (χ2n) is 5.54. The maximum Gasteiger partial charge on any atom is 0.306 e. The van der Waals surface area contributed by atoms with E-state index < -0.39 is 20.2 Å². The van der Waals surface area contributed by atoms with E-state index in [9.17, 15) is 16.8 Å². The van der Waals surface area contributed by atoms with Gasteiger partial charge in [-0.15, -0.1) is 0 Å². The number of aryl methyl sites for hydroxylation is 2. The molecule has 0 aliphatic carbocycles. The molecule has 130 valence electrons. The van der Waals surface area contributed by atoms with Gasteiger partial charge in [-0.05, 0) is 60.4 Å². The van der Waals surface area contributed by atoms with Crippen LogP contribution >= 0.6 is 0 Å². The number of rotatable bonds is 5. The highest BCUT2D eigenvalue weighted by Gasteiger charge is 2.11. The van der Waals surface area contributed by atoms with Crippen molar-refractivity contribution in [3.63, 3.8) is 0 Å². The van der Waals surface area contributed by atoms with Gasteiger partial charge in [-0.2, -0.15) is 16.8 Å². The van der Waals surface area contributed by atoms with E-state index in [1.54, 1.807) is 50.2 Å². The minimum Gasteiger partial charge on any atom is -0.382 e. The van der Waals surface area contributed by atoms with Crippen LogP contribution in [0.4, 0.5) is 0 Å². The third kappa shape index (κ3) is 4.97. The van der Waals surface area contributed by atoms with Crippen molar-refractivity contribution in [1.29, 1.82) is 0 Å². The Morgan fingerprint density at radius 1 is 0.667 bits per heavy atom. The Bertz CT molecular complexity index is 894. The lowest BCUT2D eigenvalue weighted by Gasteiger charge is -2.11. The lowest BCUT2D eigenvalue weighted by atomic mass is 10.0. The fourth-order valence-corrected chi connectivity index (χ4v) is 3.20. The van der Waals surface area contributed by atoms with Crippen molar-refractivity contribution < 1.29 is 25.2 Å². The first-order valence-corrected chi connectivity index (χ1v) is 10.6. The summed E-state index contributed by atoms with van der Waals surface area (Å²) in [7, 11) is -7.16. The van der Waals surface area contributed by atoms with Crippen LogP contribution in [-0.2, 0) is 20.2 Å². The Kier molecular flexibility index (Phi) is 4.91. The molecule has 0 spiro atoms. The summed E-state index contributed by atoms with van der Waals surface area (Å²) in [5.41, 5.74) is 3.05. The van der Waals surface area contributed by atoms with Crippen LogP contribution in [0.15, 0.2) is 36.4 Å². The summed E-state index contributed by atoms with van der Waals surface area (Å²) in [4.78, 5) is 0. The zero-order valence-electron chi connectivity index (χ0n) is 13.7. The first-order chi connectivity index (χ1) is 10.9. The van der Waals surface area contributed by atoms with E-state index in [4.69, 9.17) is 8.37 Å². The van der Waals surface area contributed by atoms with Crippen LogP contribution in [0.3, 0.4) is 0 Å². The van der Waals surface area contributed by atoms with Crippen molar-refractivity contribution >= 4 is 20.2 Å². The van der Waals surface area contributed by atoms with Gasteiger partial charge in [0.25, 0.3) is 0 Å². The van der Waals surface area contributed by atoms with E-state index in [0.29, 0.717) is 11.1 Å².